The number of allylic oxidation sites excluding steroid dienone is 1. The minimum atomic E-state index is 0.650. The van der Waals surface area contributed by atoms with Gasteiger partial charge in [0.05, 0.1) is 11.7 Å². The summed E-state index contributed by atoms with van der Waals surface area (Å²) in [5.41, 5.74) is 7.93. The Morgan fingerprint density at radius 2 is 1.57 bits per heavy atom. The molecule has 5 rings (SSSR count). The molecule has 1 aromatic heterocycles. The summed E-state index contributed by atoms with van der Waals surface area (Å²) in [5, 5.41) is 5.49. The van der Waals surface area contributed by atoms with Crippen molar-refractivity contribution in [3.8, 4) is 0 Å². The van der Waals surface area contributed by atoms with Crippen LogP contribution in [0.25, 0.3) is 5.70 Å². The molecule has 3 fully saturated rings. The molecular weight excluding hydrogens is 366 g/mol. The molecular formula is C27H43N3. The monoisotopic (exact) mass is 409 g/mol. The fourth-order valence-corrected chi connectivity index (χ4v) is 6.77. The molecule has 0 aromatic carbocycles. The van der Waals surface area contributed by atoms with Crippen LogP contribution in [0.2, 0.25) is 0 Å². The fraction of sp³-hybridized carbons (Fsp3) is 0.815. The van der Waals surface area contributed by atoms with Crippen molar-refractivity contribution < 1.29 is 0 Å². The average Bonchev–Trinajstić information content (AvgIpc) is 3.58. The molecule has 3 nitrogen and oxygen atoms in total. The third-order valence-electron chi connectivity index (χ3n) is 8.64. The van der Waals surface area contributed by atoms with Crippen LogP contribution < -0.4 is 0 Å². The molecule has 0 radical (unpaired) electrons. The fourth-order valence-electron chi connectivity index (χ4n) is 6.77. The van der Waals surface area contributed by atoms with Crippen LogP contribution >= 0.6 is 0 Å². The van der Waals surface area contributed by atoms with E-state index in [1.54, 1.807) is 22.5 Å². The average molecular weight is 410 g/mol. The van der Waals surface area contributed by atoms with Gasteiger partial charge in [-0.3, -0.25) is 4.68 Å². The maximum atomic E-state index is 5.49. The van der Waals surface area contributed by atoms with Gasteiger partial charge in [-0.2, -0.15) is 5.10 Å². The van der Waals surface area contributed by atoms with E-state index >= 15 is 0 Å². The molecule has 3 saturated carbocycles. The van der Waals surface area contributed by atoms with Crippen molar-refractivity contribution in [2.45, 2.75) is 129 Å². The predicted octanol–water partition coefficient (Wildman–Crippen LogP) is 7.06. The van der Waals surface area contributed by atoms with Crippen LogP contribution in [0.1, 0.15) is 127 Å². The number of nitrogens with zero attached hydrogens (tertiary/aromatic N) is 3. The number of hydrogen-bond acceptors (Lipinski definition) is 2. The highest BCUT2D eigenvalue weighted by atomic mass is 15.3. The van der Waals surface area contributed by atoms with E-state index in [1.165, 1.54) is 108 Å². The van der Waals surface area contributed by atoms with Crippen molar-refractivity contribution in [3.05, 3.63) is 22.5 Å². The lowest BCUT2D eigenvalue weighted by atomic mass is 9.83. The van der Waals surface area contributed by atoms with Crippen molar-refractivity contribution in [1.29, 1.82) is 0 Å². The van der Waals surface area contributed by atoms with Crippen LogP contribution in [-0.4, -0.2) is 27.3 Å². The summed E-state index contributed by atoms with van der Waals surface area (Å²) in [6.07, 6.45) is 21.9. The van der Waals surface area contributed by atoms with E-state index in [4.69, 9.17) is 5.10 Å². The molecule has 1 aromatic rings. The molecule has 0 saturated heterocycles. The topological polar surface area (TPSA) is 21.1 Å². The third kappa shape index (κ3) is 3.98. The van der Waals surface area contributed by atoms with E-state index in [1.807, 2.05) is 0 Å². The Labute approximate surface area is 184 Å². The second-order valence-corrected chi connectivity index (χ2v) is 10.6. The van der Waals surface area contributed by atoms with Crippen LogP contribution in [0, 0.1) is 5.92 Å². The van der Waals surface area contributed by atoms with Gasteiger partial charge < -0.3 is 4.90 Å². The first kappa shape index (κ1) is 20.6. The van der Waals surface area contributed by atoms with Gasteiger partial charge in [-0.15, -0.1) is 0 Å². The first-order valence-electron chi connectivity index (χ1n) is 13.4. The molecule has 0 spiro atoms. The van der Waals surface area contributed by atoms with Gasteiger partial charge in [0.15, 0.2) is 0 Å². The standard InChI is InChI=1S/C27H43N3/c1-3-29(20(2)21-12-6-4-7-13-21)27(22-18-19-22)26-24-16-10-11-17-25(24)30(28-26)23-14-8-5-9-15-23/h20-21,23H,3-19H2,1-2H3/t20-/m1/s1. The van der Waals surface area contributed by atoms with Crippen molar-refractivity contribution >= 4 is 5.70 Å². The summed E-state index contributed by atoms with van der Waals surface area (Å²) in [7, 11) is 0. The summed E-state index contributed by atoms with van der Waals surface area (Å²) in [4.78, 5) is 2.79. The van der Waals surface area contributed by atoms with E-state index in [9.17, 15) is 0 Å². The molecule has 4 aliphatic rings. The highest BCUT2D eigenvalue weighted by Crippen LogP contribution is 2.44. The van der Waals surface area contributed by atoms with Crippen LogP contribution in [-0.2, 0) is 12.8 Å². The van der Waals surface area contributed by atoms with E-state index in [0.717, 1.165) is 12.5 Å². The Morgan fingerprint density at radius 3 is 2.23 bits per heavy atom. The molecule has 0 N–H and O–H groups in total. The second-order valence-electron chi connectivity index (χ2n) is 10.6. The number of fused-ring (bicyclic) bond motifs is 1. The SMILES string of the molecule is CCN(C(=C1CC1)c1nn(C2CCCCC2)c2c1CCCC2)[C@H](C)C1CCCCC1. The van der Waals surface area contributed by atoms with Gasteiger partial charge >= 0.3 is 0 Å². The lowest BCUT2D eigenvalue weighted by molar-refractivity contribution is 0.192. The summed E-state index contributed by atoms with van der Waals surface area (Å²) in [5.74, 6) is 0.865. The first-order chi connectivity index (χ1) is 14.8. The molecule has 3 heteroatoms. The zero-order valence-corrected chi connectivity index (χ0v) is 19.6. The van der Waals surface area contributed by atoms with Gasteiger partial charge in [-0.05, 0) is 89.5 Å². The van der Waals surface area contributed by atoms with Crippen molar-refractivity contribution in [2.75, 3.05) is 6.54 Å². The molecule has 0 amide bonds. The van der Waals surface area contributed by atoms with Crippen LogP contribution in [0.4, 0.5) is 0 Å². The molecule has 1 atom stereocenters. The largest absolute Gasteiger partial charge is 0.367 e. The summed E-state index contributed by atoms with van der Waals surface area (Å²) in [6.45, 7) is 6.03. The normalized spacial score (nSPS) is 23.9. The molecule has 30 heavy (non-hydrogen) atoms. The van der Waals surface area contributed by atoms with Crippen molar-refractivity contribution in [2.24, 2.45) is 5.92 Å². The van der Waals surface area contributed by atoms with Gasteiger partial charge in [0.1, 0.15) is 5.69 Å². The first-order valence-corrected chi connectivity index (χ1v) is 13.4. The Kier molecular flexibility index (Phi) is 6.25. The number of rotatable bonds is 6. The van der Waals surface area contributed by atoms with Crippen molar-refractivity contribution in [3.63, 3.8) is 0 Å². The van der Waals surface area contributed by atoms with Gasteiger partial charge in [0.2, 0.25) is 0 Å². The zero-order chi connectivity index (χ0) is 20.5. The van der Waals surface area contributed by atoms with Gasteiger partial charge in [0, 0.05) is 23.8 Å². The number of hydrogen-bond donors (Lipinski definition) is 0. The summed E-state index contributed by atoms with van der Waals surface area (Å²) < 4.78 is 2.55. The van der Waals surface area contributed by atoms with Gasteiger partial charge in [0.25, 0.3) is 0 Å². The maximum absolute atomic E-state index is 5.49. The summed E-state index contributed by atoms with van der Waals surface area (Å²) >= 11 is 0. The molecule has 0 unspecified atom stereocenters. The molecule has 166 valence electrons. The molecule has 0 bridgehead atoms. The predicted molar refractivity (Wildman–Crippen MR) is 126 cm³/mol. The lowest BCUT2D eigenvalue weighted by Crippen LogP contribution is -2.38. The quantitative estimate of drug-likeness (QED) is 0.501. The Bertz CT molecular complexity index is 755. The Morgan fingerprint density at radius 1 is 0.900 bits per heavy atom. The Balaban J connectivity index is 1.51. The van der Waals surface area contributed by atoms with E-state index in [0.29, 0.717) is 12.1 Å². The molecule has 0 aliphatic heterocycles. The minimum Gasteiger partial charge on any atom is -0.367 e. The van der Waals surface area contributed by atoms with E-state index in [-0.39, 0.29) is 0 Å². The van der Waals surface area contributed by atoms with E-state index < -0.39 is 0 Å². The highest BCUT2D eigenvalue weighted by molar-refractivity contribution is 5.71. The number of aromatic nitrogens is 2. The van der Waals surface area contributed by atoms with Crippen LogP contribution in [0.3, 0.4) is 0 Å². The summed E-state index contributed by atoms with van der Waals surface area (Å²) in [6, 6.07) is 1.31. The van der Waals surface area contributed by atoms with Crippen molar-refractivity contribution in [1.82, 2.24) is 14.7 Å². The third-order valence-corrected chi connectivity index (χ3v) is 8.64. The lowest BCUT2D eigenvalue weighted by Gasteiger charge is -2.39. The zero-order valence-electron chi connectivity index (χ0n) is 19.6. The van der Waals surface area contributed by atoms with Crippen LogP contribution in [0.15, 0.2) is 5.57 Å². The highest BCUT2D eigenvalue weighted by Gasteiger charge is 2.35. The maximum Gasteiger partial charge on any atom is 0.112 e. The molecule has 1 heterocycles. The van der Waals surface area contributed by atoms with E-state index in [2.05, 4.69) is 23.4 Å². The molecule has 4 aliphatic carbocycles. The minimum absolute atomic E-state index is 0.650. The smallest absolute Gasteiger partial charge is 0.112 e. The van der Waals surface area contributed by atoms with Gasteiger partial charge in [-0.25, -0.2) is 0 Å². The van der Waals surface area contributed by atoms with Gasteiger partial charge in [-0.1, -0.05) is 38.5 Å². The second kappa shape index (κ2) is 9.09. The Hall–Kier alpha value is -1.25. The van der Waals surface area contributed by atoms with Crippen LogP contribution in [0.5, 0.6) is 0 Å².